The van der Waals surface area contributed by atoms with Gasteiger partial charge in [-0.1, -0.05) is 28.1 Å². The molecule has 0 amide bonds. The second kappa shape index (κ2) is 9.73. The first-order valence-electron chi connectivity index (χ1n) is 7.75. The van der Waals surface area contributed by atoms with Crippen LogP contribution in [-0.2, 0) is 20.8 Å². The van der Waals surface area contributed by atoms with Gasteiger partial charge in [0.1, 0.15) is 11.4 Å². The van der Waals surface area contributed by atoms with Crippen molar-refractivity contribution in [3.8, 4) is 22.9 Å². The topological polar surface area (TPSA) is 164 Å². The number of rotatable bonds is 5. The quantitative estimate of drug-likeness (QED) is 0.150. The Morgan fingerprint density at radius 3 is 1.77 bits per heavy atom. The van der Waals surface area contributed by atoms with Crippen LogP contribution in [0, 0.1) is 0 Å². The molecule has 0 spiro atoms. The maximum absolute atomic E-state index is 11.3. The van der Waals surface area contributed by atoms with Crippen LogP contribution in [0.3, 0.4) is 0 Å². The molecule has 0 unspecified atom stereocenters. The van der Waals surface area contributed by atoms with E-state index in [1.165, 1.54) is 12.1 Å². The SMILES string of the molecule is O=S(=O)([O-])Oc1c(-c2[nH]c3ccc(Br)cc3c2OS(=O)(=O)[O-])[nH]c2ccccc12.[Na+].[Na+]. The minimum atomic E-state index is -5.18. The van der Waals surface area contributed by atoms with Gasteiger partial charge in [-0.25, -0.2) is 16.8 Å². The third-order valence-corrected chi connectivity index (χ3v) is 5.23. The first-order chi connectivity index (χ1) is 13.5. The molecular formula is C16H9BrN2Na2O8S2. The Balaban J connectivity index is 0.00000171. The summed E-state index contributed by atoms with van der Waals surface area (Å²) in [6.45, 7) is 0. The molecule has 0 aliphatic rings. The normalized spacial score (nSPS) is 11.7. The number of halogens is 1. The fourth-order valence-electron chi connectivity index (χ4n) is 2.98. The molecule has 0 saturated carbocycles. The van der Waals surface area contributed by atoms with Crippen LogP contribution in [0.15, 0.2) is 46.9 Å². The predicted molar refractivity (Wildman–Crippen MR) is 104 cm³/mol. The van der Waals surface area contributed by atoms with Crippen molar-refractivity contribution in [1.82, 2.24) is 9.97 Å². The summed E-state index contributed by atoms with van der Waals surface area (Å²) in [6.07, 6.45) is 0. The van der Waals surface area contributed by atoms with Gasteiger partial charge in [-0.2, -0.15) is 0 Å². The van der Waals surface area contributed by atoms with E-state index in [1.54, 1.807) is 30.3 Å². The number of aromatic amines is 2. The zero-order valence-corrected chi connectivity index (χ0v) is 23.2. The van der Waals surface area contributed by atoms with Crippen LogP contribution in [0.1, 0.15) is 0 Å². The van der Waals surface area contributed by atoms with E-state index >= 15 is 0 Å². The van der Waals surface area contributed by atoms with E-state index in [0.717, 1.165) is 0 Å². The van der Waals surface area contributed by atoms with Crippen LogP contribution >= 0.6 is 15.9 Å². The summed E-state index contributed by atoms with van der Waals surface area (Å²) in [7, 11) is -10.3. The zero-order valence-electron chi connectivity index (χ0n) is 16.0. The average molecular weight is 547 g/mol. The molecule has 0 aliphatic heterocycles. The van der Waals surface area contributed by atoms with Crippen molar-refractivity contribution < 1.29 is 93.4 Å². The summed E-state index contributed by atoms with van der Waals surface area (Å²) in [5.74, 6) is -0.745. The molecule has 0 bridgehead atoms. The Hall–Kier alpha value is -0.580. The van der Waals surface area contributed by atoms with Crippen molar-refractivity contribution in [3.63, 3.8) is 0 Å². The molecule has 0 radical (unpaired) electrons. The van der Waals surface area contributed by atoms with Crippen molar-refractivity contribution in [1.29, 1.82) is 0 Å². The number of benzene rings is 2. The average Bonchev–Trinajstić information content (AvgIpc) is 3.11. The third-order valence-electron chi connectivity index (χ3n) is 3.99. The van der Waals surface area contributed by atoms with E-state index in [0.29, 0.717) is 15.5 Å². The fourth-order valence-corrected chi connectivity index (χ4v) is 4.10. The van der Waals surface area contributed by atoms with Crippen molar-refractivity contribution in [2.45, 2.75) is 0 Å². The first kappa shape index (κ1) is 26.7. The molecule has 4 rings (SSSR count). The zero-order chi connectivity index (χ0) is 21.0. The summed E-state index contributed by atoms with van der Waals surface area (Å²) in [6, 6.07) is 11.1. The van der Waals surface area contributed by atoms with E-state index in [9.17, 15) is 25.9 Å². The van der Waals surface area contributed by atoms with E-state index in [2.05, 4.69) is 34.3 Å². The maximum atomic E-state index is 11.3. The van der Waals surface area contributed by atoms with Crippen LogP contribution < -0.4 is 67.5 Å². The van der Waals surface area contributed by atoms with Crippen molar-refractivity contribution in [2.24, 2.45) is 0 Å². The molecule has 0 fully saturated rings. The number of fused-ring (bicyclic) bond motifs is 2. The Bertz CT molecular complexity index is 1480. The molecule has 15 heteroatoms. The molecule has 31 heavy (non-hydrogen) atoms. The van der Waals surface area contributed by atoms with Crippen LogP contribution in [0.25, 0.3) is 33.2 Å². The molecule has 0 atom stereocenters. The smallest absolute Gasteiger partial charge is 0.716 e. The number of nitrogens with one attached hydrogen (secondary N) is 2. The number of hydrogen-bond acceptors (Lipinski definition) is 8. The molecular weight excluding hydrogens is 538 g/mol. The standard InChI is InChI=1S/C16H11BrN2O8S2.2Na/c17-8-5-6-12-10(7-8)16(27-29(23,24)25)14(19-12)13-15(26-28(20,21)22)9-3-1-2-4-11(9)18-13;;/h1-7,18-19H,(H,20,21,22)(H,23,24,25);;/q;2*+1/p-2. The molecule has 2 heterocycles. The van der Waals surface area contributed by atoms with Gasteiger partial charge in [-0.05, 0) is 30.3 Å². The summed E-state index contributed by atoms with van der Waals surface area (Å²) < 4.78 is 77.6. The third kappa shape index (κ3) is 5.86. The molecule has 0 saturated heterocycles. The van der Waals surface area contributed by atoms with Gasteiger partial charge in [-0.15, -0.1) is 0 Å². The minimum Gasteiger partial charge on any atom is -0.716 e. The van der Waals surface area contributed by atoms with Crippen LogP contribution in [0.4, 0.5) is 0 Å². The summed E-state index contributed by atoms with van der Waals surface area (Å²) in [5.41, 5.74) is 0.609. The molecule has 10 nitrogen and oxygen atoms in total. The second-order valence-electron chi connectivity index (χ2n) is 5.88. The van der Waals surface area contributed by atoms with E-state index in [4.69, 9.17) is 0 Å². The van der Waals surface area contributed by atoms with Crippen molar-refractivity contribution in [3.05, 3.63) is 46.9 Å². The molecule has 2 N–H and O–H groups in total. The van der Waals surface area contributed by atoms with Gasteiger partial charge in [0.25, 0.3) is 20.8 Å². The van der Waals surface area contributed by atoms with Gasteiger partial charge in [0.05, 0.1) is 0 Å². The van der Waals surface area contributed by atoms with Gasteiger partial charge in [0.15, 0.2) is 11.5 Å². The maximum Gasteiger partial charge on any atom is 1.00 e. The van der Waals surface area contributed by atoms with E-state index < -0.39 is 20.8 Å². The van der Waals surface area contributed by atoms with E-state index in [-0.39, 0.29) is 92.8 Å². The Kier molecular flexibility index (Phi) is 8.37. The van der Waals surface area contributed by atoms with Crippen molar-refractivity contribution >= 4 is 58.5 Å². The van der Waals surface area contributed by atoms with Gasteiger partial charge in [-0.3, -0.25) is 0 Å². The number of H-pyrrole nitrogens is 2. The molecule has 4 aromatic rings. The largest absolute Gasteiger partial charge is 1.00 e. The van der Waals surface area contributed by atoms with Gasteiger partial charge < -0.3 is 27.4 Å². The van der Waals surface area contributed by atoms with Crippen LogP contribution in [-0.4, -0.2) is 35.9 Å². The van der Waals surface area contributed by atoms with Crippen LogP contribution in [0.5, 0.6) is 11.5 Å². The molecule has 2 aromatic heterocycles. The molecule has 152 valence electrons. The Morgan fingerprint density at radius 1 is 0.742 bits per heavy atom. The Labute approximate surface area is 229 Å². The number of para-hydroxylation sites is 1. The molecule has 0 aliphatic carbocycles. The fraction of sp³-hybridized carbons (Fsp3) is 0. The summed E-state index contributed by atoms with van der Waals surface area (Å²) in [5, 5.41) is 0.473. The Morgan fingerprint density at radius 2 is 1.23 bits per heavy atom. The predicted octanol–water partition coefficient (Wildman–Crippen LogP) is -3.24. The summed E-state index contributed by atoms with van der Waals surface area (Å²) >= 11 is 3.24. The molecule has 2 aromatic carbocycles. The van der Waals surface area contributed by atoms with Gasteiger partial charge in [0.2, 0.25) is 0 Å². The van der Waals surface area contributed by atoms with E-state index in [1.807, 2.05) is 0 Å². The second-order valence-corrected chi connectivity index (χ2v) is 8.76. The number of aromatic nitrogens is 2. The minimum absolute atomic E-state index is 0. The van der Waals surface area contributed by atoms with Crippen molar-refractivity contribution in [2.75, 3.05) is 0 Å². The van der Waals surface area contributed by atoms with Gasteiger partial charge >= 0.3 is 59.1 Å². The van der Waals surface area contributed by atoms with Crippen LogP contribution in [0.2, 0.25) is 0 Å². The van der Waals surface area contributed by atoms with Gasteiger partial charge in [0, 0.05) is 26.3 Å². The monoisotopic (exact) mass is 546 g/mol. The summed E-state index contributed by atoms with van der Waals surface area (Å²) in [4.78, 5) is 5.72. The first-order valence-corrected chi connectivity index (χ1v) is 11.2. The number of hydrogen-bond donors (Lipinski definition) is 2.